The highest BCUT2D eigenvalue weighted by molar-refractivity contribution is 6.37. The number of nitrogens with one attached hydrogen (secondary N) is 1. The van der Waals surface area contributed by atoms with Crippen LogP contribution in [0, 0.1) is 0 Å². The Labute approximate surface area is 140 Å². The van der Waals surface area contributed by atoms with Crippen LogP contribution < -0.4 is 5.32 Å². The molecular weight excluding hydrogens is 317 g/mol. The molecule has 1 N–H and O–H groups in total. The number of ether oxygens (including phenoxy) is 1. The van der Waals surface area contributed by atoms with Gasteiger partial charge in [-0.15, -0.1) is 0 Å². The predicted octanol–water partition coefficient (Wildman–Crippen LogP) is 4.82. The van der Waals surface area contributed by atoms with Gasteiger partial charge in [-0.1, -0.05) is 65.7 Å². The molecule has 1 atom stereocenters. The molecule has 0 bridgehead atoms. The highest BCUT2D eigenvalue weighted by Gasteiger charge is 2.14. The summed E-state index contributed by atoms with van der Waals surface area (Å²) in [4.78, 5) is 0. The summed E-state index contributed by atoms with van der Waals surface area (Å²) in [5.74, 6) is 0. The average molecular weight is 334 g/mol. The van der Waals surface area contributed by atoms with Crippen LogP contribution >= 0.6 is 23.2 Å². The summed E-state index contributed by atoms with van der Waals surface area (Å²) in [7, 11) is 0. The van der Waals surface area contributed by atoms with E-state index in [0.717, 1.165) is 30.8 Å². The molecular formula is C18H17Cl2NO. The lowest BCUT2D eigenvalue weighted by atomic mass is 10.1. The van der Waals surface area contributed by atoms with Gasteiger partial charge in [-0.25, -0.2) is 0 Å². The number of benzene rings is 2. The van der Waals surface area contributed by atoms with Crippen molar-refractivity contribution >= 4 is 35.4 Å². The normalized spacial score (nSPS) is 18.7. The number of hydrogen-bond donors (Lipinski definition) is 1. The van der Waals surface area contributed by atoms with Crippen molar-refractivity contribution in [3.8, 4) is 0 Å². The van der Waals surface area contributed by atoms with Gasteiger partial charge in [0, 0.05) is 28.7 Å². The van der Waals surface area contributed by atoms with E-state index in [0.29, 0.717) is 10.0 Å². The summed E-state index contributed by atoms with van der Waals surface area (Å²) in [6.07, 6.45) is 4.10. The topological polar surface area (TPSA) is 21.3 Å². The minimum atomic E-state index is 0.143. The number of morpholine rings is 1. The molecule has 22 heavy (non-hydrogen) atoms. The molecule has 0 spiro atoms. The van der Waals surface area contributed by atoms with Crippen molar-refractivity contribution in [2.24, 2.45) is 0 Å². The summed E-state index contributed by atoms with van der Waals surface area (Å²) in [6, 6.07) is 13.9. The molecule has 0 aliphatic carbocycles. The van der Waals surface area contributed by atoms with Crippen molar-refractivity contribution < 1.29 is 4.74 Å². The van der Waals surface area contributed by atoms with Crippen LogP contribution in [-0.2, 0) is 4.74 Å². The van der Waals surface area contributed by atoms with Crippen LogP contribution in [-0.4, -0.2) is 19.7 Å². The number of hydrogen-bond acceptors (Lipinski definition) is 2. The Balaban J connectivity index is 1.74. The lowest BCUT2D eigenvalue weighted by Gasteiger charge is -2.23. The van der Waals surface area contributed by atoms with E-state index in [9.17, 15) is 0 Å². The standard InChI is InChI=1S/C18H17Cl2NO/c19-16-2-1-3-17(20)15(16)9-6-13-4-7-14(8-5-13)18-12-21-10-11-22-18/h1-9,18,21H,10-12H2/b9-6+/t18-/m1/s1. The Kier molecular flexibility index (Phi) is 5.16. The van der Waals surface area contributed by atoms with Gasteiger partial charge in [0.05, 0.1) is 12.7 Å². The van der Waals surface area contributed by atoms with Gasteiger partial charge in [-0.05, 0) is 23.3 Å². The van der Waals surface area contributed by atoms with Gasteiger partial charge in [0.1, 0.15) is 0 Å². The molecule has 1 heterocycles. The molecule has 2 aromatic carbocycles. The van der Waals surface area contributed by atoms with E-state index >= 15 is 0 Å². The van der Waals surface area contributed by atoms with Crippen molar-refractivity contribution in [2.45, 2.75) is 6.10 Å². The van der Waals surface area contributed by atoms with Crippen molar-refractivity contribution in [2.75, 3.05) is 19.7 Å². The van der Waals surface area contributed by atoms with E-state index in [2.05, 4.69) is 29.6 Å². The van der Waals surface area contributed by atoms with Gasteiger partial charge < -0.3 is 10.1 Å². The molecule has 1 aliphatic rings. The molecule has 1 fully saturated rings. The molecule has 0 radical (unpaired) electrons. The third-order valence-electron chi connectivity index (χ3n) is 3.68. The van der Waals surface area contributed by atoms with Crippen LogP contribution in [0.5, 0.6) is 0 Å². The first-order valence-corrected chi connectivity index (χ1v) is 8.04. The summed E-state index contributed by atoms with van der Waals surface area (Å²) >= 11 is 12.3. The third kappa shape index (κ3) is 3.71. The van der Waals surface area contributed by atoms with Crippen molar-refractivity contribution in [1.29, 1.82) is 0 Å². The number of halogens is 2. The molecule has 0 aromatic heterocycles. The van der Waals surface area contributed by atoms with E-state index in [-0.39, 0.29) is 6.10 Å². The Hall–Kier alpha value is -1.32. The Morgan fingerprint density at radius 3 is 2.36 bits per heavy atom. The Morgan fingerprint density at radius 2 is 1.73 bits per heavy atom. The van der Waals surface area contributed by atoms with E-state index in [1.807, 2.05) is 30.4 Å². The molecule has 0 saturated carbocycles. The summed E-state index contributed by atoms with van der Waals surface area (Å²) in [5.41, 5.74) is 3.14. The second-order valence-electron chi connectivity index (χ2n) is 5.20. The van der Waals surface area contributed by atoms with E-state index in [1.165, 1.54) is 5.56 Å². The monoisotopic (exact) mass is 333 g/mol. The molecule has 0 unspecified atom stereocenters. The van der Waals surface area contributed by atoms with E-state index in [4.69, 9.17) is 27.9 Å². The fraction of sp³-hybridized carbons (Fsp3) is 0.222. The lowest BCUT2D eigenvalue weighted by molar-refractivity contribution is 0.0277. The molecule has 3 rings (SSSR count). The highest BCUT2D eigenvalue weighted by Crippen LogP contribution is 2.26. The molecule has 0 amide bonds. The lowest BCUT2D eigenvalue weighted by Crippen LogP contribution is -2.33. The second kappa shape index (κ2) is 7.30. The van der Waals surface area contributed by atoms with E-state index < -0.39 is 0 Å². The van der Waals surface area contributed by atoms with Crippen LogP contribution in [0.1, 0.15) is 22.8 Å². The fourth-order valence-corrected chi connectivity index (χ4v) is 2.97. The maximum Gasteiger partial charge on any atom is 0.0949 e. The smallest absolute Gasteiger partial charge is 0.0949 e. The first-order chi connectivity index (χ1) is 10.7. The minimum Gasteiger partial charge on any atom is -0.371 e. The zero-order valence-corrected chi connectivity index (χ0v) is 13.6. The Morgan fingerprint density at radius 1 is 1.00 bits per heavy atom. The fourth-order valence-electron chi connectivity index (χ4n) is 2.45. The van der Waals surface area contributed by atoms with Gasteiger partial charge in [-0.3, -0.25) is 0 Å². The maximum absolute atomic E-state index is 6.16. The van der Waals surface area contributed by atoms with Crippen LogP contribution in [0.3, 0.4) is 0 Å². The van der Waals surface area contributed by atoms with Gasteiger partial charge in [0.25, 0.3) is 0 Å². The van der Waals surface area contributed by atoms with Crippen molar-refractivity contribution in [3.63, 3.8) is 0 Å². The molecule has 4 heteroatoms. The maximum atomic E-state index is 6.16. The predicted molar refractivity (Wildman–Crippen MR) is 93.4 cm³/mol. The first kappa shape index (κ1) is 15.6. The Bertz CT molecular complexity index is 641. The largest absolute Gasteiger partial charge is 0.371 e. The SMILES string of the molecule is Clc1cccc(Cl)c1/C=C/c1ccc([C@H]2CNCCO2)cc1. The van der Waals surface area contributed by atoms with Crippen molar-refractivity contribution in [3.05, 3.63) is 69.2 Å². The molecule has 114 valence electrons. The van der Waals surface area contributed by atoms with Crippen LogP contribution in [0.2, 0.25) is 10.0 Å². The minimum absolute atomic E-state index is 0.143. The zero-order chi connectivity index (χ0) is 15.4. The zero-order valence-electron chi connectivity index (χ0n) is 12.1. The van der Waals surface area contributed by atoms with Crippen LogP contribution in [0.4, 0.5) is 0 Å². The highest BCUT2D eigenvalue weighted by atomic mass is 35.5. The van der Waals surface area contributed by atoms with Gasteiger partial charge in [0.2, 0.25) is 0 Å². The quantitative estimate of drug-likeness (QED) is 0.812. The molecule has 1 saturated heterocycles. The van der Waals surface area contributed by atoms with Gasteiger partial charge in [0.15, 0.2) is 0 Å². The molecule has 2 nitrogen and oxygen atoms in total. The van der Waals surface area contributed by atoms with Crippen molar-refractivity contribution in [1.82, 2.24) is 5.32 Å². The second-order valence-corrected chi connectivity index (χ2v) is 6.01. The van der Waals surface area contributed by atoms with E-state index in [1.54, 1.807) is 0 Å². The van der Waals surface area contributed by atoms with Gasteiger partial charge in [-0.2, -0.15) is 0 Å². The molecule has 2 aromatic rings. The summed E-state index contributed by atoms with van der Waals surface area (Å²) in [5, 5.41) is 4.65. The summed E-state index contributed by atoms with van der Waals surface area (Å²) < 4.78 is 5.75. The van der Waals surface area contributed by atoms with Crippen LogP contribution in [0.25, 0.3) is 12.2 Å². The summed E-state index contributed by atoms with van der Waals surface area (Å²) in [6.45, 7) is 2.55. The van der Waals surface area contributed by atoms with Gasteiger partial charge >= 0.3 is 0 Å². The average Bonchev–Trinajstić information content (AvgIpc) is 2.56. The molecule has 1 aliphatic heterocycles. The van der Waals surface area contributed by atoms with Crippen LogP contribution in [0.15, 0.2) is 42.5 Å². The third-order valence-corrected chi connectivity index (χ3v) is 4.34. The number of rotatable bonds is 3. The first-order valence-electron chi connectivity index (χ1n) is 7.28.